The number of aliphatic hydroxyl groups excluding tert-OH is 1. The van der Waals surface area contributed by atoms with Crippen molar-refractivity contribution in [2.45, 2.75) is 6.10 Å². The van der Waals surface area contributed by atoms with Crippen LogP contribution in [-0.4, -0.2) is 42.6 Å². The molecule has 0 aliphatic rings. The van der Waals surface area contributed by atoms with Crippen LogP contribution >= 0.6 is 0 Å². The van der Waals surface area contributed by atoms with Crippen LogP contribution in [0.4, 0.5) is 4.39 Å². The summed E-state index contributed by atoms with van der Waals surface area (Å²) in [6.07, 6.45) is 2.01. The van der Waals surface area contributed by atoms with E-state index in [2.05, 4.69) is 25.4 Å². The molecule has 3 aromatic heterocycles. The van der Waals surface area contributed by atoms with Crippen molar-refractivity contribution >= 4 is 22.6 Å². The minimum Gasteiger partial charge on any atom is -0.382 e. The van der Waals surface area contributed by atoms with Gasteiger partial charge < -0.3 is 10.4 Å². The van der Waals surface area contributed by atoms with E-state index >= 15 is 0 Å². The number of aliphatic hydroxyl groups is 1. The van der Waals surface area contributed by atoms with Crippen LogP contribution in [0.25, 0.3) is 27.9 Å². The van der Waals surface area contributed by atoms with Crippen molar-refractivity contribution in [2.24, 2.45) is 0 Å². The number of nitrogens with one attached hydrogen (secondary N) is 2. The molecule has 3 heterocycles. The molecule has 2 aromatic carbocycles. The van der Waals surface area contributed by atoms with E-state index in [4.69, 9.17) is 0 Å². The van der Waals surface area contributed by atoms with Gasteiger partial charge in [-0.25, -0.2) is 9.37 Å². The van der Waals surface area contributed by atoms with Crippen LogP contribution in [0.3, 0.4) is 0 Å². The lowest BCUT2D eigenvalue weighted by atomic mass is 10.0. The Hall–Kier alpha value is -4.44. The fourth-order valence-corrected chi connectivity index (χ4v) is 3.65. The summed E-state index contributed by atoms with van der Waals surface area (Å²) in [4.78, 5) is 35.3. The topological polar surface area (TPSA) is 125 Å². The number of imidazole rings is 1. The normalized spacial score (nSPS) is 12.2. The second kappa shape index (κ2) is 7.92. The highest BCUT2D eigenvalue weighted by molar-refractivity contribution is 5.94. The molecule has 5 rings (SSSR count). The van der Waals surface area contributed by atoms with Crippen molar-refractivity contribution in [3.8, 4) is 11.3 Å². The number of carbonyl (C=O) groups is 1. The average molecular weight is 444 g/mol. The molecule has 0 aliphatic carbocycles. The fraction of sp³-hybridized carbons (Fsp3) is 0.0870. The van der Waals surface area contributed by atoms with Crippen LogP contribution in [0.5, 0.6) is 0 Å². The SMILES string of the molecule is CNC(=O)c1ccc(-c2nn3c(C(O)c4ccc5ncccc5c4)cnc3[nH]c2=O)cc1F. The van der Waals surface area contributed by atoms with E-state index in [0.29, 0.717) is 11.3 Å². The van der Waals surface area contributed by atoms with E-state index in [1.54, 1.807) is 24.4 Å². The average Bonchev–Trinajstić information content (AvgIpc) is 3.24. The van der Waals surface area contributed by atoms with Crippen molar-refractivity contribution in [1.29, 1.82) is 0 Å². The Labute approximate surface area is 185 Å². The molecule has 5 aromatic rings. The van der Waals surface area contributed by atoms with Crippen LogP contribution in [0.2, 0.25) is 0 Å². The molecule has 1 atom stereocenters. The number of H-pyrrole nitrogens is 1. The summed E-state index contributed by atoms with van der Waals surface area (Å²) >= 11 is 0. The Morgan fingerprint density at radius 3 is 2.82 bits per heavy atom. The molecule has 1 unspecified atom stereocenters. The molecule has 0 radical (unpaired) electrons. The van der Waals surface area contributed by atoms with E-state index in [1.165, 1.54) is 29.9 Å². The number of carbonyl (C=O) groups excluding carboxylic acids is 1. The van der Waals surface area contributed by atoms with Gasteiger partial charge in [-0.3, -0.25) is 19.6 Å². The summed E-state index contributed by atoms with van der Waals surface area (Å²) in [6.45, 7) is 0. The smallest absolute Gasteiger partial charge is 0.279 e. The third-order valence-corrected chi connectivity index (χ3v) is 5.34. The Bertz CT molecular complexity index is 1590. The number of benzene rings is 2. The van der Waals surface area contributed by atoms with Gasteiger partial charge in [0, 0.05) is 24.2 Å². The largest absolute Gasteiger partial charge is 0.382 e. The Balaban J connectivity index is 1.59. The number of halogens is 1. The Kier molecular flexibility index (Phi) is 4.91. The lowest BCUT2D eigenvalue weighted by Crippen LogP contribution is -2.20. The van der Waals surface area contributed by atoms with Crippen LogP contribution in [0.15, 0.2) is 65.7 Å². The van der Waals surface area contributed by atoms with Gasteiger partial charge in [0.15, 0.2) is 5.69 Å². The first kappa shape index (κ1) is 20.5. The van der Waals surface area contributed by atoms with Crippen LogP contribution < -0.4 is 10.9 Å². The number of amides is 1. The summed E-state index contributed by atoms with van der Waals surface area (Å²) in [5.74, 6) is -1.24. The first-order chi connectivity index (χ1) is 16.0. The summed E-state index contributed by atoms with van der Waals surface area (Å²) in [7, 11) is 1.40. The van der Waals surface area contributed by atoms with Crippen molar-refractivity contribution < 1.29 is 14.3 Å². The predicted octanol–water partition coefficient (Wildman–Crippen LogP) is 2.21. The van der Waals surface area contributed by atoms with Gasteiger partial charge in [0.05, 0.1) is 23.0 Å². The summed E-state index contributed by atoms with van der Waals surface area (Å²) in [5, 5.41) is 18.6. The van der Waals surface area contributed by atoms with E-state index in [9.17, 15) is 19.1 Å². The molecule has 164 valence electrons. The Morgan fingerprint density at radius 1 is 1.18 bits per heavy atom. The highest BCUT2D eigenvalue weighted by atomic mass is 19.1. The zero-order valence-electron chi connectivity index (χ0n) is 17.3. The molecule has 1 amide bonds. The standard InChI is InChI=1S/C23H17FN6O3/c1-25-21(32)15-6-4-13(10-16(15)24)19-22(33)28-23-27-11-18(30(23)29-19)20(31)14-5-7-17-12(9-14)3-2-8-26-17/h2-11,20,31H,1H3,(H,25,32)(H,27,28,33). The van der Waals surface area contributed by atoms with Crippen molar-refractivity contribution in [3.05, 3.63) is 93.9 Å². The van der Waals surface area contributed by atoms with Crippen molar-refractivity contribution in [3.63, 3.8) is 0 Å². The summed E-state index contributed by atoms with van der Waals surface area (Å²) in [5.41, 5.74) is 1.05. The fourth-order valence-electron chi connectivity index (χ4n) is 3.65. The molecule has 0 fully saturated rings. The second-order valence-corrected chi connectivity index (χ2v) is 7.35. The van der Waals surface area contributed by atoms with Crippen molar-refractivity contribution in [2.75, 3.05) is 7.05 Å². The third-order valence-electron chi connectivity index (χ3n) is 5.34. The number of hydrogen-bond donors (Lipinski definition) is 3. The van der Waals surface area contributed by atoms with E-state index in [1.807, 2.05) is 12.1 Å². The summed E-state index contributed by atoms with van der Waals surface area (Å²) in [6, 6.07) is 12.8. The lowest BCUT2D eigenvalue weighted by molar-refractivity contribution is 0.0959. The molecule has 10 heteroatoms. The van der Waals surface area contributed by atoms with E-state index in [-0.39, 0.29) is 22.6 Å². The minimum atomic E-state index is -1.09. The maximum absolute atomic E-state index is 14.5. The minimum absolute atomic E-state index is 0.0842. The molecule has 33 heavy (non-hydrogen) atoms. The quantitative estimate of drug-likeness (QED) is 0.390. The zero-order chi connectivity index (χ0) is 23.1. The number of nitrogens with zero attached hydrogens (tertiary/aromatic N) is 4. The molecular formula is C23H17FN6O3. The van der Waals surface area contributed by atoms with Gasteiger partial charge in [-0.1, -0.05) is 18.2 Å². The van der Waals surface area contributed by atoms with E-state index < -0.39 is 23.4 Å². The van der Waals surface area contributed by atoms with Gasteiger partial charge >= 0.3 is 0 Å². The molecule has 0 saturated carbocycles. The Morgan fingerprint density at radius 2 is 2.03 bits per heavy atom. The van der Waals surface area contributed by atoms with Gasteiger partial charge in [-0.2, -0.15) is 9.61 Å². The van der Waals surface area contributed by atoms with Gasteiger partial charge in [-0.15, -0.1) is 0 Å². The number of aromatic amines is 1. The molecule has 0 bridgehead atoms. The van der Waals surface area contributed by atoms with Crippen LogP contribution in [-0.2, 0) is 0 Å². The number of pyridine rings is 1. The van der Waals surface area contributed by atoms with Gasteiger partial charge in [0.2, 0.25) is 5.78 Å². The number of aromatic nitrogens is 5. The maximum atomic E-state index is 14.5. The van der Waals surface area contributed by atoms with Gasteiger partial charge in [0.1, 0.15) is 11.9 Å². The first-order valence-electron chi connectivity index (χ1n) is 9.99. The highest BCUT2D eigenvalue weighted by Crippen LogP contribution is 2.25. The third kappa shape index (κ3) is 3.52. The zero-order valence-corrected chi connectivity index (χ0v) is 17.3. The second-order valence-electron chi connectivity index (χ2n) is 7.35. The maximum Gasteiger partial charge on any atom is 0.279 e. The molecule has 0 spiro atoms. The number of fused-ring (bicyclic) bond motifs is 2. The molecule has 0 saturated heterocycles. The number of rotatable bonds is 4. The van der Waals surface area contributed by atoms with E-state index in [0.717, 1.165) is 17.0 Å². The molecule has 3 N–H and O–H groups in total. The molecule has 0 aliphatic heterocycles. The lowest BCUT2D eigenvalue weighted by Gasteiger charge is -2.12. The predicted molar refractivity (Wildman–Crippen MR) is 118 cm³/mol. The molecular weight excluding hydrogens is 427 g/mol. The molecule has 9 nitrogen and oxygen atoms in total. The van der Waals surface area contributed by atoms with Crippen LogP contribution in [0.1, 0.15) is 27.7 Å². The van der Waals surface area contributed by atoms with Crippen molar-refractivity contribution in [1.82, 2.24) is 29.9 Å². The monoisotopic (exact) mass is 444 g/mol. The van der Waals surface area contributed by atoms with Crippen LogP contribution in [0, 0.1) is 5.82 Å². The first-order valence-corrected chi connectivity index (χ1v) is 9.99. The highest BCUT2D eigenvalue weighted by Gasteiger charge is 2.20. The number of hydrogen-bond acceptors (Lipinski definition) is 6. The van der Waals surface area contributed by atoms with Gasteiger partial charge in [-0.05, 0) is 35.9 Å². The van der Waals surface area contributed by atoms with Gasteiger partial charge in [0.25, 0.3) is 11.5 Å². The summed E-state index contributed by atoms with van der Waals surface area (Å²) < 4.78 is 15.8.